The zero-order chi connectivity index (χ0) is 4.28. The van der Waals surface area contributed by atoms with Crippen LogP contribution in [0.25, 0.3) is 0 Å². The van der Waals surface area contributed by atoms with Gasteiger partial charge in [0.25, 0.3) is 0 Å². The van der Waals surface area contributed by atoms with Crippen molar-refractivity contribution in [2.45, 2.75) is 20.8 Å². The fourth-order valence-electron chi connectivity index (χ4n) is 0. The molecule has 42 valence electrons. The van der Waals surface area contributed by atoms with Crippen LogP contribution in [-0.2, 0) is 0 Å². The molecule has 0 saturated heterocycles. The van der Waals surface area contributed by atoms with Crippen molar-refractivity contribution in [1.82, 2.24) is 0 Å². The molecule has 0 rings (SSSR count). The first kappa shape index (κ1) is 15.8. The molecule has 0 saturated carbocycles. The van der Waals surface area contributed by atoms with Crippen LogP contribution in [0.2, 0.25) is 0 Å². The second-order valence-corrected chi connectivity index (χ2v) is 1.37. The number of rotatable bonds is 0. The summed E-state index contributed by atoms with van der Waals surface area (Å²) in [6.45, 7) is 6.20. The summed E-state index contributed by atoms with van der Waals surface area (Å²) in [7, 11) is 0. The predicted octanol–water partition coefficient (Wildman–Crippen LogP) is 0.767. The molecule has 0 amide bonds. The molecule has 0 heterocycles. The molecule has 0 aromatic heterocycles. The molecule has 0 atom stereocenters. The van der Waals surface area contributed by atoms with Gasteiger partial charge in [-0.15, -0.1) is 0 Å². The van der Waals surface area contributed by atoms with E-state index in [4.69, 9.17) is 0 Å². The molecule has 7 heavy (non-hydrogen) atoms. The first-order valence-corrected chi connectivity index (χ1v) is 1.87. The molecule has 4 radical (unpaired) electrons. The van der Waals surface area contributed by atoms with Gasteiger partial charge in [-0.1, -0.05) is 11.6 Å². The third-order valence-corrected chi connectivity index (χ3v) is 0.577. The highest BCUT2D eigenvalue weighted by atomic mass is 28.1. The molecule has 0 aromatic carbocycles. The highest BCUT2D eigenvalue weighted by Gasteiger charge is 1.60. The topological polar surface area (TPSA) is 31.5 Å². The average Bonchev–Trinajstić information content (AvgIpc) is 1.38. The van der Waals surface area contributed by atoms with E-state index in [0.29, 0.717) is 0 Å². The minimum Gasteiger partial charge on any atom is -0.412 e. The first-order valence-electron chi connectivity index (χ1n) is 1.87. The monoisotopic (exact) mass is 116 g/mol. The Kier molecular flexibility index (Phi) is 21.0. The Morgan fingerprint density at radius 3 is 1.43 bits per heavy atom. The summed E-state index contributed by atoms with van der Waals surface area (Å²) in [5, 5.41) is 0. The van der Waals surface area contributed by atoms with Crippen LogP contribution >= 0.6 is 0 Å². The van der Waals surface area contributed by atoms with Crippen LogP contribution in [0.3, 0.4) is 0 Å². The maximum absolute atomic E-state index is 2.08. The lowest BCUT2D eigenvalue weighted by atomic mass is 10.3. The van der Waals surface area contributed by atoms with Gasteiger partial charge in [0.15, 0.2) is 0 Å². The second kappa shape index (κ2) is 9.32. The lowest BCUT2D eigenvalue weighted by molar-refractivity contribution is 0.824. The molecule has 2 N–H and O–H groups in total. The molecule has 2 heteroatoms. The van der Waals surface area contributed by atoms with Gasteiger partial charge in [0.2, 0.25) is 0 Å². The third kappa shape index (κ3) is 24.7. The van der Waals surface area contributed by atoms with E-state index in [1.165, 1.54) is 5.57 Å². The van der Waals surface area contributed by atoms with E-state index in [1.54, 1.807) is 0 Å². The Morgan fingerprint density at radius 1 is 1.29 bits per heavy atom. The molecule has 0 unspecified atom stereocenters. The van der Waals surface area contributed by atoms with Crippen molar-refractivity contribution >= 4 is 11.0 Å². The van der Waals surface area contributed by atoms with E-state index in [0.717, 1.165) is 0 Å². The summed E-state index contributed by atoms with van der Waals surface area (Å²) in [5.74, 6) is 0. The van der Waals surface area contributed by atoms with E-state index in [2.05, 4.69) is 19.9 Å². The molecule has 0 aliphatic carbocycles. The van der Waals surface area contributed by atoms with Crippen LogP contribution in [0, 0.1) is 0 Å². The normalized spacial score (nSPS) is 5.00. The fourth-order valence-corrected chi connectivity index (χ4v) is 0. The predicted molar refractivity (Wildman–Crippen MR) is 34.5 cm³/mol. The van der Waals surface area contributed by atoms with Gasteiger partial charge in [-0.05, 0) is 20.8 Å². The summed E-state index contributed by atoms with van der Waals surface area (Å²) in [6, 6.07) is 0. The average molecular weight is 116 g/mol. The molecular formula is C5H12OSi. The molecule has 0 aliphatic heterocycles. The smallest absolute Gasteiger partial charge is 0 e. The second-order valence-electron chi connectivity index (χ2n) is 1.37. The maximum Gasteiger partial charge on any atom is 0 e. The molecule has 0 fully saturated rings. The van der Waals surface area contributed by atoms with Crippen LogP contribution in [0.1, 0.15) is 20.8 Å². The van der Waals surface area contributed by atoms with E-state index in [1.807, 2.05) is 6.92 Å². The molecule has 1 nitrogen and oxygen atoms in total. The van der Waals surface area contributed by atoms with Gasteiger partial charge in [-0.2, -0.15) is 0 Å². The Balaban J connectivity index is -0.0000000800. The molecule has 0 aromatic rings. The van der Waals surface area contributed by atoms with Crippen molar-refractivity contribution < 1.29 is 5.48 Å². The maximum atomic E-state index is 2.08. The number of hydrogen-bond donors (Lipinski definition) is 0. The summed E-state index contributed by atoms with van der Waals surface area (Å²) in [6.07, 6.45) is 2.08. The van der Waals surface area contributed by atoms with Crippen molar-refractivity contribution in [3.05, 3.63) is 11.6 Å². The largest absolute Gasteiger partial charge is 0.412 e. The quantitative estimate of drug-likeness (QED) is 0.331. The van der Waals surface area contributed by atoms with E-state index >= 15 is 0 Å². The Hall–Kier alpha value is -0.0831. The van der Waals surface area contributed by atoms with Gasteiger partial charge in [0.1, 0.15) is 0 Å². The summed E-state index contributed by atoms with van der Waals surface area (Å²) in [4.78, 5) is 0. The molecule has 0 aliphatic rings. The van der Waals surface area contributed by atoms with Crippen LogP contribution in [0.15, 0.2) is 11.6 Å². The lowest BCUT2D eigenvalue weighted by Gasteiger charge is -1.74. The van der Waals surface area contributed by atoms with Crippen molar-refractivity contribution in [3.63, 3.8) is 0 Å². The van der Waals surface area contributed by atoms with Crippen LogP contribution < -0.4 is 0 Å². The molecule has 0 bridgehead atoms. The van der Waals surface area contributed by atoms with Gasteiger partial charge >= 0.3 is 0 Å². The van der Waals surface area contributed by atoms with Gasteiger partial charge in [-0.3, -0.25) is 0 Å². The zero-order valence-corrected chi connectivity index (χ0v) is 6.08. The van der Waals surface area contributed by atoms with Crippen molar-refractivity contribution in [3.8, 4) is 0 Å². The summed E-state index contributed by atoms with van der Waals surface area (Å²) >= 11 is 0. The summed E-state index contributed by atoms with van der Waals surface area (Å²) < 4.78 is 0. The van der Waals surface area contributed by atoms with Crippen molar-refractivity contribution in [1.29, 1.82) is 0 Å². The SMILES string of the molecule is CC=C(C)C.O.[Si]. The molecular weight excluding hydrogens is 104 g/mol. The summed E-state index contributed by atoms with van der Waals surface area (Å²) in [5.41, 5.74) is 1.38. The van der Waals surface area contributed by atoms with Crippen LogP contribution in [0.4, 0.5) is 0 Å². The fraction of sp³-hybridized carbons (Fsp3) is 0.600. The first-order chi connectivity index (χ1) is 2.27. The minimum absolute atomic E-state index is 0. The van der Waals surface area contributed by atoms with Crippen LogP contribution in [-0.4, -0.2) is 16.4 Å². The van der Waals surface area contributed by atoms with E-state index in [-0.39, 0.29) is 16.4 Å². The highest BCUT2D eigenvalue weighted by Crippen LogP contribution is 1.82. The highest BCUT2D eigenvalue weighted by molar-refractivity contribution is 5.75. The van der Waals surface area contributed by atoms with E-state index < -0.39 is 0 Å². The van der Waals surface area contributed by atoms with Gasteiger partial charge in [-0.25, -0.2) is 0 Å². The molecule has 0 spiro atoms. The number of hydrogen-bond acceptors (Lipinski definition) is 0. The van der Waals surface area contributed by atoms with Crippen molar-refractivity contribution in [2.75, 3.05) is 0 Å². The Bertz CT molecular complexity index is 46.0. The minimum atomic E-state index is 0. The van der Waals surface area contributed by atoms with E-state index in [9.17, 15) is 0 Å². The third-order valence-electron chi connectivity index (χ3n) is 0.577. The number of allylic oxidation sites excluding steroid dienone is 2. The van der Waals surface area contributed by atoms with Gasteiger partial charge in [0, 0.05) is 11.0 Å². The van der Waals surface area contributed by atoms with Crippen LogP contribution in [0.5, 0.6) is 0 Å². The Labute approximate surface area is 49.8 Å². The zero-order valence-electron chi connectivity index (χ0n) is 5.08. The van der Waals surface area contributed by atoms with Gasteiger partial charge < -0.3 is 5.48 Å². The lowest BCUT2D eigenvalue weighted by Crippen LogP contribution is -1.52. The Morgan fingerprint density at radius 2 is 1.43 bits per heavy atom. The van der Waals surface area contributed by atoms with Gasteiger partial charge in [0.05, 0.1) is 0 Å². The standard InChI is InChI=1S/C5H10.H2O.Si/c1-4-5(2)3;;/h4H,1-3H3;1H2;. The van der Waals surface area contributed by atoms with Crippen molar-refractivity contribution in [2.24, 2.45) is 0 Å².